The third kappa shape index (κ3) is 2.86. The topological polar surface area (TPSA) is 101 Å². The molecule has 4 rings (SSSR count). The third-order valence-electron chi connectivity index (χ3n) is 9.23. The number of aliphatic hydroxyl groups is 2. The molecule has 0 aromatic rings. The predicted molar refractivity (Wildman–Crippen MR) is 109 cm³/mol. The summed E-state index contributed by atoms with van der Waals surface area (Å²) in [5, 5.41) is 22.9. The number of ketones is 2. The second-order valence-corrected chi connectivity index (χ2v) is 10.7. The average Bonchev–Trinajstić information content (AvgIpc) is 2.93. The van der Waals surface area contributed by atoms with Crippen LogP contribution in [0.4, 0.5) is 0 Å². The lowest BCUT2D eigenvalue weighted by molar-refractivity contribution is -0.186. The molecule has 0 saturated heterocycles. The predicted octanol–water partition coefficient (Wildman–Crippen LogP) is 2.60. The normalized spacial score (nSPS) is 47.6. The van der Waals surface area contributed by atoms with Crippen LogP contribution in [0.5, 0.6) is 0 Å². The van der Waals surface area contributed by atoms with Crippen molar-refractivity contribution in [2.75, 3.05) is 6.61 Å². The molecule has 30 heavy (non-hydrogen) atoms. The second kappa shape index (κ2) is 6.99. The average molecular weight is 419 g/mol. The number of hydrogen-bond acceptors (Lipinski definition) is 6. The highest BCUT2D eigenvalue weighted by Gasteiger charge is 2.68. The Morgan fingerprint density at radius 2 is 1.97 bits per heavy atom. The van der Waals surface area contributed by atoms with Gasteiger partial charge in [0, 0.05) is 18.8 Å². The molecule has 6 heteroatoms. The molecule has 0 aliphatic heterocycles. The van der Waals surface area contributed by atoms with Crippen LogP contribution in [0.25, 0.3) is 0 Å². The molecule has 8 atom stereocenters. The van der Waals surface area contributed by atoms with Crippen molar-refractivity contribution in [1.29, 1.82) is 0 Å². The molecule has 0 aromatic heterocycles. The maximum atomic E-state index is 12.9. The number of esters is 1. The second-order valence-electron chi connectivity index (χ2n) is 10.7. The summed E-state index contributed by atoms with van der Waals surface area (Å²) in [5.74, 6) is -0.287. The van der Waals surface area contributed by atoms with Gasteiger partial charge in [-0.1, -0.05) is 26.3 Å². The van der Waals surface area contributed by atoms with Crippen molar-refractivity contribution < 1.29 is 29.3 Å². The first-order valence-electron chi connectivity index (χ1n) is 11.3. The maximum Gasteiger partial charge on any atom is 0.303 e. The summed E-state index contributed by atoms with van der Waals surface area (Å²) in [4.78, 5) is 36.2. The lowest BCUT2D eigenvalue weighted by atomic mass is 9.44. The van der Waals surface area contributed by atoms with Gasteiger partial charge in [0.15, 0.2) is 12.4 Å². The number of hydrogen-bond donors (Lipinski definition) is 2. The standard InChI is InChI=1S/C24H34O6/c1-13-9-16-17-6-8-24(29,20(28)12-30-14(2)25)23(17,4)11-19(27)21(16)22(3)7-5-15(26)10-18(13)22/h10,13,16-17,19,21,27,29H,5-9,11-12H2,1-4H3/t13-,16?,17?,19?,21?,22-,23-,24-/m0/s1. The van der Waals surface area contributed by atoms with Crippen molar-refractivity contribution in [1.82, 2.24) is 0 Å². The molecule has 0 aromatic carbocycles. The van der Waals surface area contributed by atoms with Gasteiger partial charge in [-0.15, -0.1) is 0 Å². The summed E-state index contributed by atoms with van der Waals surface area (Å²) in [5.41, 5.74) is -1.41. The summed E-state index contributed by atoms with van der Waals surface area (Å²) < 4.78 is 4.90. The van der Waals surface area contributed by atoms with Crippen molar-refractivity contribution in [3.8, 4) is 0 Å². The summed E-state index contributed by atoms with van der Waals surface area (Å²) in [7, 11) is 0. The van der Waals surface area contributed by atoms with Crippen molar-refractivity contribution >= 4 is 17.5 Å². The van der Waals surface area contributed by atoms with E-state index >= 15 is 0 Å². The van der Waals surface area contributed by atoms with Crippen LogP contribution in [0, 0.1) is 34.5 Å². The Morgan fingerprint density at radius 3 is 2.63 bits per heavy atom. The van der Waals surface area contributed by atoms with Gasteiger partial charge in [-0.25, -0.2) is 0 Å². The van der Waals surface area contributed by atoms with Crippen LogP contribution in [-0.2, 0) is 19.1 Å². The third-order valence-corrected chi connectivity index (χ3v) is 9.23. The van der Waals surface area contributed by atoms with Gasteiger partial charge in [0.25, 0.3) is 0 Å². The molecule has 0 amide bonds. The van der Waals surface area contributed by atoms with Crippen molar-refractivity contribution in [3.05, 3.63) is 11.6 Å². The van der Waals surface area contributed by atoms with E-state index in [9.17, 15) is 24.6 Å². The van der Waals surface area contributed by atoms with Crippen molar-refractivity contribution in [2.24, 2.45) is 34.5 Å². The lowest BCUT2D eigenvalue weighted by Crippen LogP contribution is -2.62. The van der Waals surface area contributed by atoms with Crippen LogP contribution < -0.4 is 0 Å². The fourth-order valence-electron chi connectivity index (χ4n) is 7.87. The lowest BCUT2D eigenvalue weighted by Gasteiger charge is -2.61. The quantitative estimate of drug-likeness (QED) is 0.683. The smallest absolute Gasteiger partial charge is 0.303 e. The monoisotopic (exact) mass is 418 g/mol. The number of ether oxygens (including phenoxy) is 1. The van der Waals surface area contributed by atoms with E-state index in [4.69, 9.17) is 4.74 Å². The van der Waals surface area contributed by atoms with E-state index in [-0.39, 0.29) is 34.9 Å². The number of Topliss-reactive ketones (excluding diaryl/α,β-unsaturated/α-hetero) is 1. The molecule has 0 bridgehead atoms. The molecule has 6 nitrogen and oxygen atoms in total. The van der Waals surface area contributed by atoms with Gasteiger partial charge in [0.1, 0.15) is 5.60 Å². The Morgan fingerprint density at radius 1 is 1.27 bits per heavy atom. The minimum Gasteiger partial charge on any atom is -0.458 e. The molecule has 166 valence electrons. The Hall–Kier alpha value is -1.53. The number of carbonyl (C=O) groups is 3. The molecule has 0 heterocycles. The van der Waals surface area contributed by atoms with Gasteiger partial charge >= 0.3 is 5.97 Å². The summed E-state index contributed by atoms with van der Waals surface area (Å²) in [6, 6.07) is 0. The molecule has 0 radical (unpaired) electrons. The number of rotatable bonds is 3. The van der Waals surface area contributed by atoms with Gasteiger partial charge in [-0.3, -0.25) is 14.4 Å². The first-order valence-corrected chi connectivity index (χ1v) is 11.3. The zero-order valence-electron chi connectivity index (χ0n) is 18.4. The molecular formula is C24H34O6. The number of allylic oxidation sites excluding steroid dienone is 1. The minimum atomic E-state index is -1.60. The first-order chi connectivity index (χ1) is 13.9. The molecule has 2 N–H and O–H groups in total. The van der Waals surface area contributed by atoms with Gasteiger partial charge in [-0.05, 0) is 67.3 Å². The summed E-state index contributed by atoms with van der Waals surface area (Å²) in [6.45, 7) is 7.09. The molecule has 4 aliphatic carbocycles. The summed E-state index contributed by atoms with van der Waals surface area (Å²) >= 11 is 0. The van der Waals surface area contributed by atoms with Gasteiger partial charge in [0.05, 0.1) is 6.10 Å². The van der Waals surface area contributed by atoms with Gasteiger partial charge < -0.3 is 14.9 Å². The molecular weight excluding hydrogens is 384 g/mol. The van der Waals surface area contributed by atoms with Crippen LogP contribution in [0.3, 0.4) is 0 Å². The number of fused-ring (bicyclic) bond motifs is 5. The highest BCUT2D eigenvalue weighted by Crippen LogP contribution is 2.68. The highest BCUT2D eigenvalue weighted by molar-refractivity contribution is 5.92. The fraction of sp³-hybridized carbons (Fsp3) is 0.792. The Balaban J connectivity index is 1.69. The number of aliphatic hydroxyl groups excluding tert-OH is 1. The largest absolute Gasteiger partial charge is 0.458 e. The van der Waals surface area contributed by atoms with Crippen LogP contribution in [0.15, 0.2) is 11.6 Å². The Kier molecular flexibility index (Phi) is 5.06. The Bertz CT molecular complexity index is 817. The zero-order valence-corrected chi connectivity index (χ0v) is 18.4. The van der Waals surface area contributed by atoms with Gasteiger partial charge in [-0.2, -0.15) is 0 Å². The van der Waals surface area contributed by atoms with Crippen LogP contribution in [0.2, 0.25) is 0 Å². The van der Waals surface area contributed by atoms with E-state index in [0.717, 1.165) is 12.8 Å². The molecule has 3 fully saturated rings. The molecule has 0 spiro atoms. The summed E-state index contributed by atoms with van der Waals surface area (Å²) in [6.07, 6.45) is 4.66. The molecule has 4 unspecified atom stereocenters. The van der Waals surface area contributed by atoms with E-state index in [1.165, 1.54) is 12.5 Å². The Labute approximate surface area is 178 Å². The van der Waals surface area contributed by atoms with Crippen LogP contribution in [0.1, 0.15) is 66.2 Å². The molecule has 3 saturated carbocycles. The van der Waals surface area contributed by atoms with Crippen LogP contribution in [-0.4, -0.2) is 46.1 Å². The zero-order chi connectivity index (χ0) is 22.1. The fourth-order valence-corrected chi connectivity index (χ4v) is 7.87. The van der Waals surface area contributed by atoms with Gasteiger partial charge in [0.2, 0.25) is 5.78 Å². The highest BCUT2D eigenvalue weighted by atomic mass is 16.5. The SMILES string of the molecule is CC(=O)OCC(=O)[C@@]1(O)CCC2C3C[C@H](C)C4=CC(=O)CC[C@]4(C)C3C(O)C[C@@]21C. The van der Waals surface area contributed by atoms with Crippen molar-refractivity contribution in [3.63, 3.8) is 0 Å². The van der Waals surface area contributed by atoms with E-state index in [0.29, 0.717) is 25.7 Å². The van der Waals surface area contributed by atoms with Crippen LogP contribution >= 0.6 is 0 Å². The first kappa shape index (κ1) is 21.7. The maximum absolute atomic E-state index is 12.9. The molecule has 4 aliphatic rings. The minimum absolute atomic E-state index is 0.0250. The van der Waals surface area contributed by atoms with E-state index in [1.807, 2.05) is 13.0 Å². The van der Waals surface area contributed by atoms with E-state index < -0.39 is 35.5 Å². The number of carbonyl (C=O) groups excluding carboxylic acids is 3. The van der Waals surface area contributed by atoms with Crippen molar-refractivity contribution in [2.45, 2.75) is 77.9 Å². The van der Waals surface area contributed by atoms with E-state index in [2.05, 4.69) is 13.8 Å². The van der Waals surface area contributed by atoms with E-state index in [1.54, 1.807) is 0 Å².